The molecular formula is C23H28BrClO4. The molecule has 158 valence electrons. The van der Waals surface area contributed by atoms with Gasteiger partial charge in [0.05, 0.1) is 0 Å². The van der Waals surface area contributed by atoms with Gasteiger partial charge in [-0.05, 0) is 46.7 Å². The molecule has 0 aliphatic heterocycles. The Labute approximate surface area is 186 Å². The van der Waals surface area contributed by atoms with E-state index in [-0.39, 0.29) is 30.8 Å². The summed E-state index contributed by atoms with van der Waals surface area (Å²) in [5, 5.41) is 19.8. The summed E-state index contributed by atoms with van der Waals surface area (Å²) in [5.74, 6) is 0.969. The molecule has 6 heteroatoms. The fourth-order valence-electron chi connectivity index (χ4n) is 3.10. The van der Waals surface area contributed by atoms with E-state index in [9.17, 15) is 15.0 Å². The Morgan fingerprint density at radius 3 is 2.55 bits per heavy atom. The minimum atomic E-state index is -0.0486. The smallest absolute Gasteiger partial charge is 0.170 e. The second-order valence-corrected chi connectivity index (χ2v) is 8.84. The fraction of sp³-hybridized carbons (Fsp3) is 0.435. The summed E-state index contributed by atoms with van der Waals surface area (Å²) in [4.78, 5) is 12.0. The van der Waals surface area contributed by atoms with Crippen LogP contribution in [-0.4, -0.2) is 29.2 Å². The van der Waals surface area contributed by atoms with Gasteiger partial charge in [0, 0.05) is 28.9 Å². The molecule has 0 amide bonds. The second kappa shape index (κ2) is 11.0. The van der Waals surface area contributed by atoms with E-state index < -0.39 is 0 Å². The molecule has 0 radical (unpaired) electrons. The number of rotatable bonds is 10. The lowest BCUT2D eigenvalue weighted by Crippen LogP contribution is -2.17. The van der Waals surface area contributed by atoms with Crippen LogP contribution in [0.2, 0.25) is 5.02 Å². The minimum absolute atomic E-state index is 0.00406. The quantitative estimate of drug-likeness (QED) is 0.443. The zero-order valence-corrected chi connectivity index (χ0v) is 19.4. The number of benzene rings is 2. The number of ether oxygens (including phenoxy) is 1. The zero-order valence-electron chi connectivity index (χ0n) is 17.0. The fourth-order valence-corrected chi connectivity index (χ4v) is 4.06. The molecule has 1 atom stereocenters. The lowest BCUT2D eigenvalue weighted by molar-refractivity contribution is -0.122. The molecule has 0 bridgehead atoms. The molecule has 0 spiro atoms. The van der Waals surface area contributed by atoms with Gasteiger partial charge in [-0.25, -0.2) is 0 Å². The molecule has 0 aliphatic carbocycles. The maximum Gasteiger partial charge on any atom is 0.170 e. The number of aromatic hydroxyl groups is 1. The Morgan fingerprint density at radius 1 is 1.24 bits per heavy atom. The number of carbonyl (C=O) groups is 1. The Balaban J connectivity index is 2.10. The van der Waals surface area contributed by atoms with Crippen molar-refractivity contribution in [1.82, 2.24) is 0 Å². The summed E-state index contributed by atoms with van der Waals surface area (Å²) < 4.78 is 6.41. The number of phenolic OH excluding ortho intramolecular Hbond substituents is 1. The van der Waals surface area contributed by atoms with Crippen LogP contribution in [0.3, 0.4) is 0 Å². The molecule has 0 aromatic heterocycles. The highest BCUT2D eigenvalue weighted by atomic mass is 79.9. The lowest BCUT2D eigenvalue weighted by atomic mass is 9.96. The number of carbonyl (C=O) groups excluding carboxylic acids is 1. The maximum absolute atomic E-state index is 12.0. The number of hydrogen-bond acceptors (Lipinski definition) is 4. The molecule has 2 N–H and O–H groups in total. The number of ketones is 1. The third-order valence-corrected chi connectivity index (χ3v) is 6.01. The normalized spacial score (nSPS) is 12.2. The topological polar surface area (TPSA) is 66.8 Å². The summed E-state index contributed by atoms with van der Waals surface area (Å²) in [6.07, 6.45) is 1.66. The van der Waals surface area contributed by atoms with Crippen LogP contribution < -0.4 is 4.74 Å². The summed E-state index contributed by atoms with van der Waals surface area (Å²) in [7, 11) is 0. The van der Waals surface area contributed by atoms with Crippen molar-refractivity contribution in [2.45, 2.75) is 46.0 Å². The zero-order chi connectivity index (χ0) is 21.6. The molecule has 1 unspecified atom stereocenters. The summed E-state index contributed by atoms with van der Waals surface area (Å²) >= 11 is 10.0. The first kappa shape index (κ1) is 23.7. The Kier molecular flexibility index (Phi) is 9.00. The Morgan fingerprint density at radius 2 is 1.97 bits per heavy atom. The van der Waals surface area contributed by atoms with Crippen molar-refractivity contribution in [3.63, 3.8) is 0 Å². The second-order valence-electron chi connectivity index (χ2n) is 7.58. The van der Waals surface area contributed by atoms with Crippen molar-refractivity contribution in [1.29, 1.82) is 0 Å². The van der Waals surface area contributed by atoms with Crippen molar-refractivity contribution in [3.8, 4) is 11.5 Å². The number of aliphatic hydroxyl groups excluding tert-OH is 1. The van der Waals surface area contributed by atoms with Crippen molar-refractivity contribution >= 4 is 33.3 Å². The van der Waals surface area contributed by atoms with Crippen LogP contribution in [0, 0.1) is 5.92 Å². The van der Waals surface area contributed by atoms with E-state index in [1.54, 1.807) is 12.1 Å². The predicted octanol–water partition coefficient (Wildman–Crippen LogP) is 5.88. The molecule has 0 heterocycles. The van der Waals surface area contributed by atoms with Gasteiger partial charge in [0.1, 0.15) is 18.1 Å². The largest absolute Gasteiger partial charge is 0.508 e. The number of halogens is 2. The molecule has 2 aromatic rings. The standard InChI is InChI=1S/C23H28BrClO4/c1-4-15(12-26)7-17(27)13-29-18-10-21(24)20(22(25)11-18)9-16-5-6-23(28)19(8-16)14(2)3/h5-6,8,10-11,14-15,26,28H,4,7,9,12-13H2,1-3H3. The highest BCUT2D eigenvalue weighted by Gasteiger charge is 2.15. The van der Waals surface area contributed by atoms with Crippen LogP contribution in [0.1, 0.15) is 56.2 Å². The first-order valence-corrected chi connectivity index (χ1v) is 11.0. The molecule has 0 fully saturated rings. The van der Waals surface area contributed by atoms with E-state index in [2.05, 4.69) is 15.9 Å². The number of aliphatic hydroxyl groups is 1. The van der Waals surface area contributed by atoms with Gasteiger partial charge in [0.2, 0.25) is 0 Å². The van der Waals surface area contributed by atoms with Crippen LogP contribution in [0.4, 0.5) is 0 Å². The van der Waals surface area contributed by atoms with Crippen LogP contribution in [0.25, 0.3) is 0 Å². The average molecular weight is 484 g/mol. The van der Waals surface area contributed by atoms with E-state index >= 15 is 0 Å². The van der Waals surface area contributed by atoms with Crippen LogP contribution in [0.5, 0.6) is 11.5 Å². The van der Waals surface area contributed by atoms with E-state index in [0.717, 1.165) is 27.6 Å². The van der Waals surface area contributed by atoms with Gasteiger partial charge >= 0.3 is 0 Å². The molecule has 4 nitrogen and oxygen atoms in total. The minimum Gasteiger partial charge on any atom is -0.508 e. The van der Waals surface area contributed by atoms with Gasteiger partial charge in [0.25, 0.3) is 0 Å². The lowest BCUT2D eigenvalue weighted by Gasteiger charge is -2.14. The molecular weight excluding hydrogens is 456 g/mol. The molecule has 2 aromatic carbocycles. The maximum atomic E-state index is 12.0. The van der Waals surface area contributed by atoms with E-state index in [0.29, 0.717) is 29.4 Å². The van der Waals surface area contributed by atoms with E-state index in [1.807, 2.05) is 39.0 Å². The van der Waals surface area contributed by atoms with E-state index in [1.165, 1.54) is 0 Å². The van der Waals surface area contributed by atoms with Crippen molar-refractivity contribution in [3.05, 3.63) is 56.5 Å². The third-order valence-electron chi connectivity index (χ3n) is 4.96. The number of phenols is 1. The van der Waals surface area contributed by atoms with Gasteiger partial charge in [-0.1, -0.05) is 66.9 Å². The third kappa shape index (κ3) is 6.73. The molecule has 2 rings (SSSR count). The highest BCUT2D eigenvalue weighted by Crippen LogP contribution is 2.34. The average Bonchev–Trinajstić information content (AvgIpc) is 2.68. The van der Waals surface area contributed by atoms with Crippen LogP contribution in [-0.2, 0) is 11.2 Å². The first-order valence-electron chi connectivity index (χ1n) is 9.80. The van der Waals surface area contributed by atoms with Gasteiger partial charge in [-0.15, -0.1) is 0 Å². The van der Waals surface area contributed by atoms with E-state index in [4.69, 9.17) is 16.3 Å². The molecule has 0 saturated heterocycles. The number of Topliss-reactive ketones (excluding diaryl/α,β-unsaturated/α-hetero) is 1. The van der Waals surface area contributed by atoms with Crippen LogP contribution >= 0.6 is 27.5 Å². The summed E-state index contributed by atoms with van der Waals surface area (Å²) in [5.41, 5.74) is 2.87. The molecule has 29 heavy (non-hydrogen) atoms. The molecule has 0 aliphatic rings. The number of hydrogen-bond donors (Lipinski definition) is 2. The van der Waals surface area contributed by atoms with Crippen molar-refractivity contribution in [2.75, 3.05) is 13.2 Å². The Bertz CT molecular complexity index is 824. The van der Waals surface area contributed by atoms with Gasteiger partial charge in [-0.3, -0.25) is 4.79 Å². The molecule has 0 saturated carbocycles. The summed E-state index contributed by atoms with van der Waals surface area (Å²) in [6.45, 7) is 5.98. The first-order chi connectivity index (χ1) is 13.7. The SMILES string of the molecule is CCC(CO)CC(=O)COc1cc(Cl)c(Cc2ccc(O)c(C(C)C)c2)c(Br)c1. The predicted molar refractivity (Wildman–Crippen MR) is 120 cm³/mol. The Hall–Kier alpha value is -1.56. The van der Waals surface area contributed by atoms with Gasteiger partial charge < -0.3 is 14.9 Å². The monoisotopic (exact) mass is 482 g/mol. The summed E-state index contributed by atoms with van der Waals surface area (Å²) in [6, 6.07) is 9.12. The van der Waals surface area contributed by atoms with Crippen molar-refractivity contribution in [2.24, 2.45) is 5.92 Å². The van der Waals surface area contributed by atoms with Crippen molar-refractivity contribution < 1.29 is 19.7 Å². The highest BCUT2D eigenvalue weighted by molar-refractivity contribution is 9.10. The van der Waals surface area contributed by atoms with Crippen LogP contribution in [0.15, 0.2) is 34.8 Å². The van der Waals surface area contributed by atoms with Gasteiger partial charge in [-0.2, -0.15) is 0 Å². The van der Waals surface area contributed by atoms with Gasteiger partial charge in [0.15, 0.2) is 5.78 Å².